The maximum absolute atomic E-state index is 13.1. The van der Waals surface area contributed by atoms with Crippen LogP contribution in [0.5, 0.6) is 0 Å². The Kier molecular flexibility index (Phi) is 8.87. The van der Waals surface area contributed by atoms with E-state index in [0.29, 0.717) is 35.6 Å². The van der Waals surface area contributed by atoms with Crippen LogP contribution in [0.25, 0.3) is 11.4 Å². The highest BCUT2D eigenvalue weighted by Crippen LogP contribution is 2.20. The van der Waals surface area contributed by atoms with E-state index in [1.807, 2.05) is 24.3 Å². The summed E-state index contributed by atoms with van der Waals surface area (Å²) < 4.78 is 8.54. The first kappa shape index (κ1) is 26.2. The van der Waals surface area contributed by atoms with E-state index in [0.717, 1.165) is 31.2 Å². The van der Waals surface area contributed by atoms with Crippen LogP contribution in [0.3, 0.4) is 0 Å². The topological polar surface area (TPSA) is 116 Å². The maximum atomic E-state index is 13.1. The number of aromatic nitrogens is 3. The minimum absolute atomic E-state index is 0. The molecular formula is C26H32ClN5O3. The van der Waals surface area contributed by atoms with Crippen LogP contribution < -0.4 is 11.4 Å². The van der Waals surface area contributed by atoms with Gasteiger partial charge >= 0.3 is 11.7 Å². The minimum atomic E-state index is -0.284. The summed E-state index contributed by atoms with van der Waals surface area (Å²) in [6, 6.07) is 14.4. The summed E-state index contributed by atoms with van der Waals surface area (Å²) in [4.78, 5) is 25.3. The number of carbonyl (C=O) groups is 1. The van der Waals surface area contributed by atoms with E-state index >= 15 is 0 Å². The summed E-state index contributed by atoms with van der Waals surface area (Å²) in [5, 5.41) is 11.9. The van der Waals surface area contributed by atoms with E-state index in [4.69, 9.17) is 15.9 Å². The first-order valence-corrected chi connectivity index (χ1v) is 11.8. The van der Waals surface area contributed by atoms with Crippen molar-refractivity contribution in [2.45, 2.75) is 64.4 Å². The predicted octanol–water partition coefficient (Wildman–Crippen LogP) is 4.24. The highest BCUT2D eigenvalue weighted by molar-refractivity contribution is 5.95. The van der Waals surface area contributed by atoms with Crippen molar-refractivity contribution in [3.63, 3.8) is 0 Å². The Morgan fingerprint density at radius 1 is 1.03 bits per heavy atom. The number of ether oxygens (including phenoxy) is 1. The lowest BCUT2D eigenvalue weighted by atomic mass is 10.1. The Hall–Kier alpha value is -3.39. The molecule has 0 bridgehead atoms. The molecule has 0 amide bonds. The van der Waals surface area contributed by atoms with E-state index in [2.05, 4.69) is 5.10 Å². The Morgan fingerprint density at radius 3 is 2.23 bits per heavy atom. The number of nitrogens with one attached hydrogen (secondary N) is 1. The number of nitrogens with two attached hydrogens (primary N) is 1. The number of amidine groups is 1. The highest BCUT2D eigenvalue weighted by Gasteiger charge is 2.17. The van der Waals surface area contributed by atoms with Gasteiger partial charge in [-0.05, 0) is 81.0 Å². The van der Waals surface area contributed by atoms with E-state index in [-0.39, 0.29) is 36.0 Å². The SMILES string of the molecule is Cc1nn(-c2ccc(C(=N)N)cc2)c(=O)n1-c1ccc(CCC(=O)OC2CCCCCC2)cc1.Cl. The fraction of sp³-hybridized carbons (Fsp3) is 0.385. The number of hydrogen-bond acceptors (Lipinski definition) is 5. The molecular weight excluding hydrogens is 466 g/mol. The number of nitrogen functional groups attached to an aromatic ring is 1. The van der Waals surface area contributed by atoms with Crippen LogP contribution in [0.4, 0.5) is 0 Å². The highest BCUT2D eigenvalue weighted by atomic mass is 35.5. The number of benzene rings is 2. The number of esters is 1. The van der Waals surface area contributed by atoms with Gasteiger partial charge in [0, 0.05) is 12.0 Å². The summed E-state index contributed by atoms with van der Waals surface area (Å²) in [5.74, 6) is 0.388. The standard InChI is InChI=1S/C26H31N5O3.ClH/c1-18-29-31(22-15-11-20(12-16-22)25(27)28)26(33)30(18)21-13-8-19(9-14-21)10-17-24(32)34-23-6-4-2-3-5-7-23;/h8-9,11-16,23H,2-7,10,17H2,1H3,(H3,27,28);1H. The third kappa shape index (κ3) is 6.39. The number of nitrogens with zero attached hydrogens (tertiary/aromatic N) is 3. The van der Waals surface area contributed by atoms with Gasteiger partial charge in [0.2, 0.25) is 0 Å². The van der Waals surface area contributed by atoms with Crippen LogP contribution in [0.1, 0.15) is 61.9 Å². The van der Waals surface area contributed by atoms with Gasteiger partial charge < -0.3 is 10.5 Å². The summed E-state index contributed by atoms with van der Waals surface area (Å²) in [7, 11) is 0. The molecule has 1 aromatic heterocycles. The van der Waals surface area contributed by atoms with Gasteiger partial charge in [0.05, 0.1) is 11.4 Å². The predicted molar refractivity (Wildman–Crippen MR) is 138 cm³/mol. The molecule has 8 nitrogen and oxygen atoms in total. The van der Waals surface area contributed by atoms with Crippen molar-refractivity contribution in [3.05, 3.63) is 76.0 Å². The first-order chi connectivity index (χ1) is 16.4. The van der Waals surface area contributed by atoms with Crippen molar-refractivity contribution < 1.29 is 9.53 Å². The van der Waals surface area contributed by atoms with Gasteiger partial charge in [-0.1, -0.05) is 25.0 Å². The van der Waals surface area contributed by atoms with Gasteiger partial charge in [0.25, 0.3) is 0 Å². The van der Waals surface area contributed by atoms with Crippen molar-refractivity contribution in [1.29, 1.82) is 5.41 Å². The number of rotatable bonds is 7. The third-order valence-electron chi connectivity index (χ3n) is 6.28. The molecule has 9 heteroatoms. The summed E-state index contributed by atoms with van der Waals surface area (Å²) in [6.45, 7) is 1.78. The second-order valence-electron chi connectivity index (χ2n) is 8.81. The molecule has 1 saturated carbocycles. The zero-order chi connectivity index (χ0) is 24.1. The van der Waals surface area contributed by atoms with Gasteiger partial charge in [0.1, 0.15) is 17.8 Å². The van der Waals surface area contributed by atoms with E-state index in [1.54, 1.807) is 35.8 Å². The fourth-order valence-corrected chi connectivity index (χ4v) is 4.38. The molecule has 0 saturated heterocycles. The Morgan fingerprint density at radius 2 is 1.63 bits per heavy atom. The van der Waals surface area contributed by atoms with Crippen LogP contribution in [0.15, 0.2) is 53.3 Å². The molecule has 186 valence electrons. The Bertz CT molecular complexity index is 1210. The molecule has 4 rings (SSSR count). The van der Waals surface area contributed by atoms with Gasteiger partial charge in [0.15, 0.2) is 0 Å². The number of carbonyl (C=O) groups excluding carboxylic acids is 1. The van der Waals surface area contributed by atoms with E-state index < -0.39 is 0 Å². The molecule has 2 aromatic carbocycles. The third-order valence-corrected chi connectivity index (χ3v) is 6.28. The van der Waals surface area contributed by atoms with Gasteiger partial charge in [-0.3, -0.25) is 10.2 Å². The fourth-order valence-electron chi connectivity index (χ4n) is 4.38. The molecule has 1 heterocycles. The zero-order valence-electron chi connectivity index (χ0n) is 19.9. The Labute approximate surface area is 211 Å². The normalized spacial score (nSPS) is 14.1. The van der Waals surface area contributed by atoms with Crippen LogP contribution in [-0.2, 0) is 16.0 Å². The van der Waals surface area contributed by atoms with E-state index in [1.165, 1.54) is 17.5 Å². The molecule has 3 N–H and O–H groups in total. The molecule has 0 radical (unpaired) electrons. The quantitative estimate of drug-likeness (QED) is 0.219. The lowest BCUT2D eigenvalue weighted by Gasteiger charge is -2.15. The minimum Gasteiger partial charge on any atom is -0.462 e. The summed E-state index contributed by atoms with van der Waals surface area (Å²) in [5.41, 5.74) is 8.12. The van der Waals surface area contributed by atoms with Gasteiger partial charge in [-0.2, -0.15) is 4.68 Å². The van der Waals surface area contributed by atoms with Gasteiger partial charge in [-0.25, -0.2) is 9.36 Å². The molecule has 1 aliphatic carbocycles. The summed E-state index contributed by atoms with van der Waals surface area (Å²) in [6.07, 6.45) is 7.71. The molecule has 1 fully saturated rings. The maximum Gasteiger partial charge on any atom is 0.355 e. The number of halogens is 1. The second-order valence-corrected chi connectivity index (χ2v) is 8.81. The average molecular weight is 498 g/mol. The van der Waals surface area contributed by atoms with Crippen LogP contribution in [0, 0.1) is 12.3 Å². The lowest BCUT2D eigenvalue weighted by Crippen LogP contribution is -2.23. The van der Waals surface area contributed by atoms with Gasteiger partial charge in [-0.15, -0.1) is 17.5 Å². The van der Waals surface area contributed by atoms with Crippen molar-refractivity contribution in [2.75, 3.05) is 0 Å². The zero-order valence-corrected chi connectivity index (χ0v) is 20.7. The van der Waals surface area contributed by atoms with E-state index in [9.17, 15) is 9.59 Å². The van der Waals surface area contributed by atoms with Crippen molar-refractivity contribution in [1.82, 2.24) is 14.3 Å². The largest absolute Gasteiger partial charge is 0.462 e. The number of hydrogen-bond donors (Lipinski definition) is 2. The molecule has 0 aliphatic heterocycles. The van der Waals surface area contributed by atoms with Crippen LogP contribution in [-0.4, -0.2) is 32.3 Å². The Balaban J connectivity index is 0.00000342. The van der Waals surface area contributed by atoms with Crippen LogP contribution >= 0.6 is 12.4 Å². The van der Waals surface area contributed by atoms with Crippen LogP contribution in [0.2, 0.25) is 0 Å². The molecule has 3 aromatic rings. The molecule has 0 atom stereocenters. The van der Waals surface area contributed by atoms with Crippen molar-refractivity contribution in [3.8, 4) is 11.4 Å². The monoisotopic (exact) mass is 497 g/mol. The molecule has 0 unspecified atom stereocenters. The number of aryl methyl sites for hydroxylation is 2. The smallest absolute Gasteiger partial charge is 0.355 e. The average Bonchev–Trinajstić information content (AvgIpc) is 2.98. The lowest BCUT2D eigenvalue weighted by molar-refractivity contribution is -0.149. The molecule has 35 heavy (non-hydrogen) atoms. The molecule has 0 spiro atoms. The van der Waals surface area contributed by atoms with Crippen molar-refractivity contribution in [2.24, 2.45) is 5.73 Å². The summed E-state index contributed by atoms with van der Waals surface area (Å²) >= 11 is 0. The first-order valence-electron chi connectivity index (χ1n) is 11.8. The second kappa shape index (κ2) is 11.8. The molecule has 1 aliphatic rings. The van der Waals surface area contributed by atoms with Crippen molar-refractivity contribution >= 4 is 24.2 Å².